The maximum Gasteiger partial charge on any atom is 0.239 e. The third kappa shape index (κ3) is 8.48. The molecule has 2 bridgehead atoms. The summed E-state index contributed by atoms with van der Waals surface area (Å²) in [6.45, 7) is 3.46. The second-order valence-corrected chi connectivity index (χ2v) is 9.25. The molecule has 184 valence electrons. The Balaban J connectivity index is 1.37. The Hall–Kier alpha value is -3.25. The highest BCUT2D eigenvalue weighted by atomic mass is 16.2. The standard InChI is InChI=1S/C29H37N5O/c35-29-23-34(28-16-14-24(15-17-28)21-30-22-27-10-4-6-18-31-27)20-8-13-26-12-7-11-25(33-26)9-3-1-2-5-19-32-29/h4,6-7,10-12,14-18,30H,1-3,5,8-9,13,19-23H2,(H,32,35). The fourth-order valence-corrected chi connectivity index (χ4v) is 4.46. The van der Waals surface area contributed by atoms with Crippen molar-refractivity contribution < 1.29 is 4.79 Å². The molecule has 3 aromatic rings. The predicted octanol–water partition coefficient (Wildman–Crippen LogP) is 4.44. The van der Waals surface area contributed by atoms with Crippen molar-refractivity contribution in [1.29, 1.82) is 0 Å². The molecular weight excluding hydrogens is 434 g/mol. The Labute approximate surface area is 209 Å². The highest BCUT2D eigenvalue weighted by Gasteiger charge is 2.12. The van der Waals surface area contributed by atoms with E-state index in [2.05, 4.69) is 63.0 Å². The Morgan fingerprint density at radius 1 is 0.829 bits per heavy atom. The predicted molar refractivity (Wildman–Crippen MR) is 141 cm³/mol. The smallest absolute Gasteiger partial charge is 0.239 e. The minimum absolute atomic E-state index is 0.0957. The van der Waals surface area contributed by atoms with Gasteiger partial charge in [-0.25, -0.2) is 0 Å². The van der Waals surface area contributed by atoms with Crippen LogP contribution in [0.25, 0.3) is 0 Å². The molecule has 1 aliphatic heterocycles. The van der Waals surface area contributed by atoms with Crippen molar-refractivity contribution in [3.05, 3.63) is 89.5 Å². The summed E-state index contributed by atoms with van der Waals surface area (Å²) < 4.78 is 0. The number of amides is 1. The summed E-state index contributed by atoms with van der Waals surface area (Å²) in [5, 5.41) is 6.56. The molecule has 0 unspecified atom stereocenters. The molecule has 35 heavy (non-hydrogen) atoms. The number of anilines is 1. The quantitative estimate of drug-likeness (QED) is 0.576. The second kappa shape index (κ2) is 13.6. The largest absolute Gasteiger partial charge is 0.362 e. The summed E-state index contributed by atoms with van der Waals surface area (Å²) in [7, 11) is 0. The van der Waals surface area contributed by atoms with Gasteiger partial charge in [0.05, 0.1) is 12.2 Å². The van der Waals surface area contributed by atoms with Gasteiger partial charge in [-0.05, 0) is 74.1 Å². The zero-order chi connectivity index (χ0) is 24.1. The van der Waals surface area contributed by atoms with Crippen molar-refractivity contribution in [2.24, 2.45) is 0 Å². The molecule has 0 radical (unpaired) electrons. The zero-order valence-electron chi connectivity index (χ0n) is 20.6. The average molecular weight is 472 g/mol. The normalized spacial score (nSPS) is 16.0. The van der Waals surface area contributed by atoms with Gasteiger partial charge in [0.25, 0.3) is 0 Å². The molecule has 6 heteroatoms. The van der Waals surface area contributed by atoms with Gasteiger partial charge in [-0.2, -0.15) is 0 Å². The first-order valence-electron chi connectivity index (χ1n) is 12.9. The third-order valence-electron chi connectivity index (χ3n) is 6.40. The molecule has 0 aliphatic carbocycles. The summed E-state index contributed by atoms with van der Waals surface area (Å²) in [5.74, 6) is 0.0957. The fraction of sp³-hybridized carbons (Fsp3) is 0.414. The minimum Gasteiger partial charge on any atom is -0.362 e. The van der Waals surface area contributed by atoms with Gasteiger partial charge in [-0.15, -0.1) is 0 Å². The van der Waals surface area contributed by atoms with E-state index in [1.165, 1.54) is 17.7 Å². The Kier molecular flexibility index (Phi) is 9.65. The summed E-state index contributed by atoms with van der Waals surface area (Å²) in [5.41, 5.74) is 5.67. The third-order valence-corrected chi connectivity index (χ3v) is 6.40. The highest BCUT2D eigenvalue weighted by molar-refractivity contribution is 5.81. The molecule has 4 rings (SSSR count). The molecule has 6 nitrogen and oxygen atoms in total. The molecule has 1 amide bonds. The Morgan fingerprint density at radius 2 is 1.63 bits per heavy atom. The van der Waals surface area contributed by atoms with Crippen LogP contribution < -0.4 is 15.5 Å². The van der Waals surface area contributed by atoms with E-state index in [1.807, 2.05) is 24.4 Å². The van der Waals surface area contributed by atoms with Gasteiger partial charge < -0.3 is 15.5 Å². The lowest BCUT2D eigenvalue weighted by molar-refractivity contribution is -0.119. The molecule has 0 atom stereocenters. The van der Waals surface area contributed by atoms with Gasteiger partial charge in [0.1, 0.15) is 0 Å². The van der Waals surface area contributed by atoms with E-state index in [4.69, 9.17) is 4.98 Å². The molecule has 1 aliphatic rings. The summed E-state index contributed by atoms with van der Waals surface area (Å²) in [4.78, 5) is 24.1. The number of pyridine rings is 2. The SMILES string of the molecule is O=C1CN(c2ccc(CNCc3ccccn3)cc2)CCCc2cccc(n2)CCCCCCN1. The monoisotopic (exact) mass is 471 g/mol. The number of hydrogen-bond acceptors (Lipinski definition) is 5. The lowest BCUT2D eigenvalue weighted by Gasteiger charge is -2.25. The topological polar surface area (TPSA) is 70.2 Å². The van der Waals surface area contributed by atoms with Gasteiger partial charge in [-0.3, -0.25) is 14.8 Å². The van der Waals surface area contributed by atoms with E-state index >= 15 is 0 Å². The molecule has 0 spiro atoms. The lowest BCUT2D eigenvalue weighted by atomic mass is 10.1. The molecule has 0 saturated carbocycles. The Morgan fingerprint density at radius 3 is 2.43 bits per heavy atom. The van der Waals surface area contributed by atoms with Crippen molar-refractivity contribution >= 4 is 11.6 Å². The van der Waals surface area contributed by atoms with Crippen LogP contribution in [0.3, 0.4) is 0 Å². The number of nitrogens with zero attached hydrogens (tertiary/aromatic N) is 3. The Bertz CT molecular complexity index is 1040. The van der Waals surface area contributed by atoms with E-state index in [-0.39, 0.29) is 5.91 Å². The van der Waals surface area contributed by atoms with Crippen LogP contribution in [0.1, 0.15) is 54.7 Å². The van der Waals surface area contributed by atoms with Gasteiger partial charge in [0.2, 0.25) is 5.91 Å². The number of benzene rings is 1. The second-order valence-electron chi connectivity index (χ2n) is 9.25. The number of hydrogen-bond donors (Lipinski definition) is 2. The van der Waals surface area contributed by atoms with Crippen molar-refractivity contribution in [3.8, 4) is 0 Å². The van der Waals surface area contributed by atoms with Gasteiger partial charge in [0.15, 0.2) is 0 Å². The summed E-state index contributed by atoms with van der Waals surface area (Å²) >= 11 is 0. The zero-order valence-corrected chi connectivity index (χ0v) is 20.6. The number of carbonyl (C=O) groups excluding carboxylic acids is 1. The number of aryl methyl sites for hydroxylation is 2. The van der Waals surface area contributed by atoms with Crippen LogP contribution in [0.15, 0.2) is 66.9 Å². The van der Waals surface area contributed by atoms with Crippen molar-refractivity contribution in [2.45, 2.75) is 58.0 Å². The molecule has 0 fully saturated rings. The fourth-order valence-electron chi connectivity index (χ4n) is 4.46. The van der Waals surface area contributed by atoms with E-state index in [0.29, 0.717) is 6.54 Å². The molecule has 2 aromatic heterocycles. The van der Waals surface area contributed by atoms with Crippen LogP contribution in [-0.4, -0.2) is 35.5 Å². The van der Waals surface area contributed by atoms with Gasteiger partial charge in [-0.1, -0.05) is 37.1 Å². The lowest BCUT2D eigenvalue weighted by Crippen LogP contribution is -2.38. The number of aromatic nitrogens is 2. The van der Waals surface area contributed by atoms with Crippen LogP contribution >= 0.6 is 0 Å². The molecular formula is C29H37N5O. The molecule has 1 aromatic carbocycles. The minimum atomic E-state index is 0.0957. The number of rotatable bonds is 5. The maximum atomic E-state index is 12.7. The summed E-state index contributed by atoms with van der Waals surface area (Å²) in [6, 6.07) is 20.9. The van der Waals surface area contributed by atoms with Gasteiger partial charge in [0, 0.05) is 49.5 Å². The van der Waals surface area contributed by atoms with E-state index < -0.39 is 0 Å². The van der Waals surface area contributed by atoms with Crippen LogP contribution in [-0.2, 0) is 30.7 Å². The number of fused-ring (bicyclic) bond motifs is 2. The van der Waals surface area contributed by atoms with Gasteiger partial charge >= 0.3 is 0 Å². The first kappa shape index (κ1) is 24.9. The molecule has 3 heterocycles. The van der Waals surface area contributed by atoms with Crippen molar-refractivity contribution in [2.75, 3.05) is 24.5 Å². The van der Waals surface area contributed by atoms with Crippen molar-refractivity contribution in [1.82, 2.24) is 20.6 Å². The first-order valence-corrected chi connectivity index (χ1v) is 12.9. The average Bonchev–Trinajstić information content (AvgIpc) is 2.88. The first-order chi connectivity index (χ1) is 17.3. The highest BCUT2D eigenvalue weighted by Crippen LogP contribution is 2.17. The van der Waals surface area contributed by atoms with E-state index in [0.717, 1.165) is 81.8 Å². The molecule has 0 saturated heterocycles. The van der Waals surface area contributed by atoms with Crippen molar-refractivity contribution in [3.63, 3.8) is 0 Å². The van der Waals surface area contributed by atoms with Crippen LogP contribution in [0.5, 0.6) is 0 Å². The van der Waals surface area contributed by atoms with Crippen LogP contribution in [0.4, 0.5) is 5.69 Å². The van der Waals surface area contributed by atoms with E-state index in [1.54, 1.807) is 0 Å². The maximum absolute atomic E-state index is 12.7. The number of carbonyl (C=O) groups is 1. The van der Waals surface area contributed by atoms with Crippen LogP contribution in [0, 0.1) is 0 Å². The molecule has 2 N–H and O–H groups in total. The van der Waals surface area contributed by atoms with E-state index in [9.17, 15) is 4.79 Å². The van der Waals surface area contributed by atoms with Crippen LogP contribution in [0.2, 0.25) is 0 Å². The number of nitrogens with one attached hydrogen (secondary N) is 2. The summed E-state index contributed by atoms with van der Waals surface area (Å²) in [6.07, 6.45) is 9.23.